The SMILES string of the molecule is CCOC(=O)c1cc(N)nc(C(F)F)c1C#N. The molecule has 0 aromatic carbocycles. The van der Waals surface area contributed by atoms with Gasteiger partial charge in [-0.2, -0.15) is 5.26 Å². The molecule has 1 rings (SSSR count). The van der Waals surface area contributed by atoms with Crippen LogP contribution in [0.25, 0.3) is 0 Å². The molecule has 0 aliphatic rings. The Kier molecular flexibility index (Phi) is 3.93. The number of nitriles is 1. The lowest BCUT2D eigenvalue weighted by atomic mass is 10.1. The van der Waals surface area contributed by atoms with Crippen molar-refractivity contribution < 1.29 is 18.3 Å². The first-order valence-electron chi connectivity index (χ1n) is 4.67. The van der Waals surface area contributed by atoms with Gasteiger partial charge in [0.15, 0.2) is 0 Å². The predicted octanol–water partition coefficient (Wildman–Crippen LogP) is 1.65. The van der Waals surface area contributed by atoms with E-state index in [1.807, 2.05) is 0 Å². The zero-order valence-corrected chi connectivity index (χ0v) is 8.91. The number of hydrogen-bond donors (Lipinski definition) is 1. The Morgan fingerprint density at radius 2 is 2.35 bits per heavy atom. The average molecular weight is 241 g/mol. The van der Waals surface area contributed by atoms with E-state index < -0.39 is 23.7 Å². The molecule has 5 nitrogen and oxygen atoms in total. The molecule has 17 heavy (non-hydrogen) atoms. The second kappa shape index (κ2) is 5.21. The first-order valence-corrected chi connectivity index (χ1v) is 4.67. The number of rotatable bonds is 3. The molecule has 0 aliphatic heterocycles. The Morgan fingerprint density at radius 1 is 1.71 bits per heavy atom. The van der Waals surface area contributed by atoms with Gasteiger partial charge in [-0.15, -0.1) is 0 Å². The smallest absolute Gasteiger partial charge is 0.339 e. The highest BCUT2D eigenvalue weighted by atomic mass is 19.3. The van der Waals surface area contributed by atoms with Crippen LogP contribution in [0.15, 0.2) is 6.07 Å². The number of nitrogens with two attached hydrogens (primary N) is 1. The molecule has 0 atom stereocenters. The molecular formula is C10H9F2N3O2. The Morgan fingerprint density at radius 3 is 2.82 bits per heavy atom. The van der Waals surface area contributed by atoms with E-state index in [9.17, 15) is 13.6 Å². The third-order valence-corrected chi connectivity index (χ3v) is 1.88. The van der Waals surface area contributed by atoms with Gasteiger partial charge in [0.25, 0.3) is 6.43 Å². The van der Waals surface area contributed by atoms with Crippen LogP contribution in [0.2, 0.25) is 0 Å². The summed E-state index contributed by atoms with van der Waals surface area (Å²) in [6.45, 7) is 1.62. The van der Waals surface area contributed by atoms with E-state index >= 15 is 0 Å². The number of nitrogen functional groups attached to an aromatic ring is 1. The van der Waals surface area contributed by atoms with Gasteiger partial charge in [-0.25, -0.2) is 18.6 Å². The molecule has 0 radical (unpaired) electrons. The van der Waals surface area contributed by atoms with E-state index in [4.69, 9.17) is 11.0 Å². The van der Waals surface area contributed by atoms with E-state index in [-0.39, 0.29) is 18.0 Å². The van der Waals surface area contributed by atoms with Gasteiger partial charge in [-0.1, -0.05) is 0 Å². The predicted molar refractivity (Wildman–Crippen MR) is 54.3 cm³/mol. The van der Waals surface area contributed by atoms with Gasteiger partial charge in [0.2, 0.25) is 0 Å². The molecule has 2 N–H and O–H groups in total. The number of alkyl halides is 2. The normalized spacial score (nSPS) is 10.1. The Balaban J connectivity index is 3.39. The number of carbonyl (C=O) groups is 1. The first kappa shape index (κ1) is 12.8. The van der Waals surface area contributed by atoms with Crippen LogP contribution in [0.3, 0.4) is 0 Å². The first-order chi connectivity index (χ1) is 8.01. The summed E-state index contributed by atoms with van der Waals surface area (Å²) < 4.78 is 29.8. The van der Waals surface area contributed by atoms with Gasteiger partial charge >= 0.3 is 5.97 Å². The number of aromatic nitrogens is 1. The van der Waals surface area contributed by atoms with Crippen molar-refractivity contribution in [3.05, 3.63) is 22.9 Å². The van der Waals surface area contributed by atoms with Gasteiger partial charge in [0.05, 0.1) is 17.7 Å². The molecule has 1 heterocycles. The van der Waals surface area contributed by atoms with Crippen molar-refractivity contribution in [2.45, 2.75) is 13.3 Å². The molecule has 1 aromatic heterocycles. The van der Waals surface area contributed by atoms with Crippen LogP contribution >= 0.6 is 0 Å². The Labute approximate surface area is 95.8 Å². The van der Waals surface area contributed by atoms with E-state index in [1.54, 1.807) is 6.92 Å². The van der Waals surface area contributed by atoms with Crippen molar-refractivity contribution in [1.82, 2.24) is 4.98 Å². The molecule has 0 amide bonds. The fourth-order valence-electron chi connectivity index (χ4n) is 1.23. The molecule has 0 spiro atoms. The van der Waals surface area contributed by atoms with E-state index in [2.05, 4.69) is 9.72 Å². The zero-order valence-electron chi connectivity index (χ0n) is 8.91. The lowest BCUT2D eigenvalue weighted by Gasteiger charge is -2.08. The van der Waals surface area contributed by atoms with Crippen LogP contribution in [0, 0.1) is 11.3 Å². The summed E-state index contributed by atoms with van der Waals surface area (Å²) in [6, 6.07) is 2.56. The minimum atomic E-state index is -2.98. The molecule has 1 aromatic rings. The maximum atomic E-state index is 12.6. The summed E-state index contributed by atoms with van der Waals surface area (Å²) in [5, 5.41) is 8.78. The summed E-state index contributed by atoms with van der Waals surface area (Å²) >= 11 is 0. The minimum Gasteiger partial charge on any atom is -0.462 e. The Bertz CT molecular complexity index is 483. The minimum absolute atomic E-state index is 0.0654. The van der Waals surface area contributed by atoms with Crippen LogP contribution in [0.4, 0.5) is 14.6 Å². The number of nitrogens with zero attached hydrogens (tertiary/aromatic N) is 2. The second-order valence-corrected chi connectivity index (χ2v) is 2.99. The van der Waals surface area contributed by atoms with E-state index in [0.29, 0.717) is 0 Å². The molecule has 0 fully saturated rings. The van der Waals surface area contributed by atoms with Crippen molar-refractivity contribution in [3.8, 4) is 6.07 Å². The quantitative estimate of drug-likeness (QED) is 0.812. The number of carbonyl (C=O) groups excluding carboxylic acids is 1. The van der Waals surface area contributed by atoms with Gasteiger partial charge in [0, 0.05) is 0 Å². The van der Waals surface area contributed by atoms with Crippen LogP contribution in [0.5, 0.6) is 0 Å². The molecule has 0 aliphatic carbocycles. The number of ether oxygens (including phenoxy) is 1. The number of pyridine rings is 1. The molecule has 90 valence electrons. The third-order valence-electron chi connectivity index (χ3n) is 1.88. The number of hydrogen-bond acceptors (Lipinski definition) is 5. The van der Waals surface area contributed by atoms with Crippen molar-refractivity contribution in [1.29, 1.82) is 5.26 Å². The molecule has 0 saturated carbocycles. The molecular weight excluding hydrogens is 232 g/mol. The van der Waals surface area contributed by atoms with Crippen LogP contribution < -0.4 is 5.73 Å². The molecule has 0 bridgehead atoms. The lowest BCUT2D eigenvalue weighted by Crippen LogP contribution is -2.12. The van der Waals surface area contributed by atoms with Crippen molar-refractivity contribution >= 4 is 11.8 Å². The maximum absolute atomic E-state index is 12.6. The summed E-state index contributed by atoms with van der Waals surface area (Å²) in [7, 11) is 0. The van der Waals surface area contributed by atoms with Crippen LogP contribution in [0.1, 0.15) is 35.0 Å². The fraction of sp³-hybridized carbons (Fsp3) is 0.300. The summed E-state index contributed by atoms with van der Waals surface area (Å²) in [4.78, 5) is 14.8. The zero-order chi connectivity index (χ0) is 13.0. The maximum Gasteiger partial charge on any atom is 0.339 e. The second-order valence-electron chi connectivity index (χ2n) is 2.99. The van der Waals surface area contributed by atoms with Gasteiger partial charge < -0.3 is 10.5 Å². The van der Waals surface area contributed by atoms with Gasteiger partial charge in [-0.05, 0) is 13.0 Å². The fourth-order valence-corrected chi connectivity index (χ4v) is 1.23. The van der Waals surface area contributed by atoms with Crippen molar-refractivity contribution in [2.75, 3.05) is 12.3 Å². The topological polar surface area (TPSA) is 89.0 Å². The largest absolute Gasteiger partial charge is 0.462 e. The monoisotopic (exact) mass is 241 g/mol. The van der Waals surface area contributed by atoms with Crippen LogP contribution in [-0.4, -0.2) is 17.6 Å². The van der Waals surface area contributed by atoms with Gasteiger partial charge in [-0.3, -0.25) is 0 Å². The summed E-state index contributed by atoms with van der Waals surface area (Å²) in [5.41, 5.74) is 3.68. The van der Waals surface area contributed by atoms with Crippen molar-refractivity contribution in [2.24, 2.45) is 0 Å². The van der Waals surface area contributed by atoms with Crippen LogP contribution in [-0.2, 0) is 4.74 Å². The lowest BCUT2D eigenvalue weighted by molar-refractivity contribution is 0.0525. The molecule has 0 saturated heterocycles. The number of esters is 1. The number of anilines is 1. The average Bonchev–Trinajstić information content (AvgIpc) is 2.28. The highest BCUT2D eigenvalue weighted by Crippen LogP contribution is 2.25. The highest BCUT2D eigenvalue weighted by Gasteiger charge is 2.23. The summed E-state index contributed by atoms with van der Waals surface area (Å²) in [6.07, 6.45) is -2.98. The number of halogens is 2. The van der Waals surface area contributed by atoms with E-state index in [1.165, 1.54) is 6.07 Å². The third kappa shape index (κ3) is 2.66. The van der Waals surface area contributed by atoms with E-state index in [0.717, 1.165) is 6.07 Å². The van der Waals surface area contributed by atoms with Crippen molar-refractivity contribution in [3.63, 3.8) is 0 Å². The molecule has 7 heteroatoms. The highest BCUT2D eigenvalue weighted by molar-refractivity contribution is 5.93. The van der Waals surface area contributed by atoms with Gasteiger partial charge in [0.1, 0.15) is 17.6 Å². The molecule has 0 unspecified atom stereocenters. The summed E-state index contributed by atoms with van der Waals surface area (Å²) in [5.74, 6) is -1.14. The standard InChI is InChI=1S/C10H9F2N3O2/c1-2-17-10(16)5-3-7(14)15-8(9(11)12)6(5)4-13/h3,9H,2H2,1H3,(H2,14,15). The Hall–Kier alpha value is -2.23.